The van der Waals surface area contributed by atoms with E-state index in [1.54, 1.807) is 0 Å². The van der Waals surface area contributed by atoms with Gasteiger partial charge in [-0.05, 0) is 13.0 Å². The second kappa shape index (κ2) is 4.81. The molecule has 0 aliphatic carbocycles. The molecule has 0 aliphatic rings. The van der Waals surface area contributed by atoms with Crippen LogP contribution in [0.5, 0.6) is 0 Å². The molecule has 0 aliphatic heterocycles. The molecule has 1 aromatic carbocycles. The Kier molecular flexibility index (Phi) is 3.38. The summed E-state index contributed by atoms with van der Waals surface area (Å²) in [6.07, 6.45) is 0. The molecule has 96 valence electrons. The molecule has 2 rings (SSSR count). The lowest BCUT2D eigenvalue weighted by atomic mass is 10.3. The number of rotatable bonds is 3. The average Bonchev–Trinajstić information content (AvgIpc) is 2.57. The number of nitrogens with one attached hydrogen (secondary N) is 1. The summed E-state index contributed by atoms with van der Waals surface area (Å²) in [5, 5.41) is 2.62. The minimum absolute atomic E-state index is 0.00273. The molecule has 7 heteroatoms. The van der Waals surface area contributed by atoms with Crippen LogP contribution in [0.1, 0.15) is 6.92 Å². The molecule has 0 saturated carbocycles. The Bertz CT molecular complexity index is 611. The molecule has 0 bridgehead atoms. The molecule has 1 amide bonds. The monoisotopic (exact) mass is 270 g/mol. The van der Waals surface area contributed by atoms with Crippen molar-refractivity contribution in [2.75, 3.05) is 12.3 Å². The van der Waals surface area contributed by atoms with Crippen molar-refractivity contribution in [1.29, 1.82) is 0 Å². The van der Waals surface area contributed by atoms with Crippen LogP contribution in [-0.4, -0.2) is 22.0 Å². The summed E-state index contributed by atoms with van der Waals surface area (Å²) in [6.45, 7) is 2.33. The number of hydrogen-bond acceptors (Lipinski definition) is 3. The van der Waals surface area contributed by atoms with Gasteiger partial charge in [0.1, 0.15) is 12.4 Å². The second-order valence-electron chi connectivity index (χ2n) is 3.76. The van der Waals surface area contributed by atoms with Crippen molar-refractivity contribution >= 4 is 34.5 Å². The maximum atomic E-state index is 13.4. The van der Waals surface area contributed by atoms with Crippen LogP contribution in [-0.2, 0) is 11.3 Å². The van der Waals surface area contributed by atoms with E-state index in [4.69, 9.17) is 17.3 Å². The Labute approximate surface area is 108 Å². The summed E-state index contributed by atoms with van der Waals surface area (Å²) in [4.78, 5) is 15.6. The Hall–Kier alpha value is -1.82. The number of likely N-dealkylation sites (N-methyl/N-ethyl adjacent to an activating group) is 1. The Morgan fingerprint density at radius 3 is 3.00 bits per heavy atom. The van der Waals surface area contributed by atoms with Gasteiger partial charge < -0.3 is 15.6 Å². The van der Waals surface area contributed by atoms with Gasteiger partial charge in [0.25, 0.3) is 0 Å². The molecule has 5 nitrogen and oxygen atoms in total. The summed E-state index contributed by atoms with van der Waals surface area (Å²) in [6, 6.07) is 2.61. The summed E-state index contributed by atoms with van der Waals surface area (Å²) >= 11 is 5.66. The van der Waals surface area contributed by atoms with Gasteiger partial charge in [0.05, 0.1) is 16.1 Å². The fraction of sp³-hybridized carbons (Fsp3) is 0.273. The quantitative estimate of drug-likeness (QED) is 0.889. The Morgan fingerprint density at radius 2 is 2.33 bits per heavy atom. The molecule has 1 heterocycles. The van der Waals surface area contributed by atoms with Crippen LogP contribution < -0.4 is 11.1 Å². The highest BCUT2D eigenvalue weighted by molar-refractivity contribution is 6.31. The van der Waals surface area contributed by atoms with Crippen LogP contribution in [0.4, 0.5) is 10.3 Å². The molecule has 18 heavy (non-hydrogen) atoms. The molecule has 0 saturated heterocycles. The highest BCUT2D eigenvalue weighted by atomic mass is 35.5. The number of nitrogens with zero attached hydrogens (tertiary/aromatic N) is 2. The van der Waals surface area contributed by atoms with Crippen LogP contribution in [0.25, 0.3) is 11.0 Å². The van der Waals surface area contributed by atoms with Crippen molar-refractivity contribution < 1.29 is 9.18 Å². The fourth-order valence-corrected chi connectivity index (χ4v) is 1.86. The Morgan fingerprint density at radius 1 is 1.61 bits per heavy atom. The predicted octanol–water partition coefficient (Wildman–Crippen LogP) is 1.55. The number of fused-ring (bicyclic) bond motifs is 1. The lowest BCUT2D eigenvalue weighted by Gasteiger charge is -2.06. The highest BCUT2D eigenvalue weighted by Crippen LogP contribution is 2.24. The van der Waals surface area contributed by atoms with E-state index in [2.05, 4.69) is 10.3 Å². The number of nitrogens with two attached hydrogens (primary N) is 1. The van der Waals surface area contributed by atoms with Crippen molar-refractivity contribution in [3.63, 3.8) is 0 Å². The molecule has 0 radical (unpaired) electrons. The van der Waals surface area contributed by atoms with E-state index in [-0.39, 0.29) is 23.4 Å². The van der Waals surface area contributed by atoms with E-state index in [1.165, 1.54) is 16.7 Å². The molecule has 0 spiro atoms. The molecule has 2 aromatic rings. The van der Waals surface area contributed by atoms with E-state index in [0.29, 0.717) is 17.6 Å². The largest absolute Gasteiger partial charge is 0.369 e. The molecule has 3 N–H and O–H groups in total. The SMILES string of the molecule is CCNC(=O)Cn1c(N)nc2cc(Cl)c(F)cc21. The third-order valence-electron chi connectivity index (χ3n) is 2.50. The zero-order valence-corrected chi connectivity index (χ0v) is 10.5. The van der Waals surface area contributed by atoms with Gasteiger partial charge in [-0.3, -0.25) is 4.79 Å². The van der Waals surface area contributed by atoms with E-state index >= 15 is 0 Å². The van der Waals surface area contributed by atoms with Gasteiger partial charge >= 0.3 is 0 Å². The van der Waals surface area contributed by atoms with Crippen LogP contribution in [0, 0.1) is 5.82 Å². The van der Waals surface area contributed by atoms with Crippen LogP contribution in [0.15, 0.2) is 12.1 Å². The topological polar surface area (TPSA) is 72.9 Å². The van der Waals surface area contributed by atoms with Gasteiger partial charge in [-0.25, -0.2) is 9.37 Å². The number of benzene rings is 1. The summed E-state index contributed by atoms with van der Waals surface area (Å²) in [5.41, 5.74) is 6.61. The second-order valence-corrected chi connectivity index (χ2v) is 4.17. The molecule has 0 unspecified atom stereocenters. The normalized spacial score (nSPS) is 10.8. The summed E-state index contributed by atoms with van der Waals surface area (Å²) in [5.74, 6) is -0.627. The van der Waals surface area contributed by atoms with E-state index in [9.17, 15) is 9.18 Å². The minimum atomic E-state index is -0.568. The fourth-order valence-electron chi connectivity index (χ4n) is 1.70. The van der Waals surface area contributed by atoms with Crippen molar-refractivity contribution in [1.82, 2.24) is 14.9 Å². The van der Waals surface area contributed by atoms with E-state index < -0.39 is 5.82 Å². The number of anilines is 1. The molecular weight excluding hydrogens is 259 g/mol. The number of nitrogen functional groups attached to an aromatic ring is 1. The first-order chi connectivity index (χ1) is 8.52. The Balaban J connectivity index is 2.46. The van der Waals surface area contributed by atoms with E-state index in [1.807, 2.05) is 6.92 Å². The smallest absolute Gasteiger partial charge is 0.240 e. The minimum Gasteiger partial charge on any atom is -0.369 e. The zero-order valence-electron chi connectivity index (χ0n) is 9.70. The zero-order chi connectivity index (χ0) is 13.3. The third-order valence-corrected chi connectivity index (χ3v) is 2.79. The van der Waals surface area contributed by atoms with Crippen LogP contribution in [0.2, 0.25) is 5.02 Å². The van der Waals surface area contributed by atoms with Crippen LogP contribution >= 0.6 is 11.6 Å². The first kappa shape index (κ1) is 12.6. The number of amides is 1. The maximum Gasteiger partial charge on any atom is 0.240 e. The number of hydrogen-bond donors (Lipinski definition) is 2. The van der Waals surface area contributed by atoms with Gasteiger partial charge in [0.15, 0.2) is 0 Å². The predicted molar refractivity (Wildman–Crippen MR) is 67.8 cm³/mol. The lowest BCUT2D eigenvalue weighted by molar-refractivity contribution is -0.121. The number of halogens is 2. The highest BCUT2D eigenvalue weighted by Gasteiger charge is 2.13. The van der Waals surface area contributed by atoms with Gasteiger partial charge in [-0.15, -0.1) is 0 Å². The molecule has 1 aromatic heterocycles. The van der Waals surface area contributed by atoms with Gasteiger partial charge in [-0.2, -0.15) is 0 Å². The number of aromatic nitrogens is 2. The third kappa shape index (κ3) is 2.24. The first-order valence-corrected chi connectivity index (χ1v) is 5.78. The number of carbonyl (C=O) groups is 1. The summed E-state index contributed by atoms with van der Waals surface area (Å²) in [7, 11) is 0. The summed E-state index contributed by atoms with van der Waals surface area (Å²) < 4.78 is 14.9. The lowest BCUT2D eigenvalue weighted by Crippen LogP contribution is -2.27. The van der Waals surface area contributed by atoms with Gasteiger partial charge in [-0.1, -0.05) is 11.6 Å². The average molecular weight is 271 g/mol. The van der Waals surface area contributed by atoms with Gasteiger partial charge in [0.2, 0.25) is 11.9 Å². The van der Waals surface area contributed by atoms with E-state index in [0.717, 1.165) is 0 Å². The molecule has 0 atom stereocenters. The first-order valence-electron chi connectivity index (χ1n) is 5.40. The standard InChI is InChI=1S/C11H12ClFN4O/c1-2-15-10(18)5-17-9-4-7(13)6(12)3-8(9)16-11(17)14/h3-4H,2,5H2,1H3,(H2,14,16)(H,15,18). The maximum absolute atomic E-state index is 13.4. The van der Waals surface area contributed by atoms with Gasteiger partial charge in [0, 0.05) is 12.6 Å². The van der Waals surface area contributed by atoms with Crippen molar-refractivity contribution in [2.45, 2.75) is 13.5 Å². The number of carbonyl (C=O) groups excluding carboxylic acids is 1. The van der Waals surface area contributed by atoms with Crippen molar-refractivity contribution in [3.05, 3.63) is 23.0 Å². The van der Waals surface area contributed by atoms with Crippen molar-refractivity contribution in [3.8, 4) is 0 Å². The van der Waals surface area contributed by atoms with Crippen molar-refractivity contribution in [2.24, 2.45) is 0 Å². The van der Waals surface area contributed by atoms with Crippen LogP contribution in [0.3, 0.4) is 0 Å². The molecular formula is C11H12ClFN4O. The molecule has 0 fully saturated rings. The number of imidazole rings is 1.